The highest BCUT2D eigenvalue weighted by Crippen LogP contribution is 2.25. The Labute approximate surface area is 162 Å². The van der Waals surface area contributed by atoms with E-state index >= 15 is 0 Å². The Hall–Kier alpha value is -2.24. The Balaban J connectivity index is 1.38. The summed E-state index contributed by atoms with van der Waals surface area (Å²) in [6.45, 7) is 0.607. The van der Waals surface area contributed by atoms with Gasteiger partial charge in [-0.05, 0) is 36.6 Å². The summed E-state index contributed by atoms with van der Waals surface area (Å²) in [7, 11) is 0. The number of hydrogen-bond acceptors (Lipinski definition) is 4. The van der Waals surface area contributed by atoms with Crippen LogP contribution in [0.25, 0.3) is 10.6 Å². The number of carbonyl (C=O) groups is 1. The van der Waals surface area contributed by atoms with Crippen LogP contribution in [0.1, 0.15) is 24.1 Å². The van der Waals surface area contributed by atoms with Crippen LogP contribution in [0.15, 0.2) is 54.2 Å². The zero-order chi connectivity index (χ0) is 18.2. The maximum absolute atomic E-state index is 11.9. The summed E-state index contributed by atoms with van der Waals surface area (Å²) in [5.74, 6) is 0.0852. The first kappa shape index (κ1) is 18.5. The molecule has 26 heavy (non-hydrogen) atoms. The largest absolute Gasteiger partial charge is 0.356 e. The van der Waals surface area contributed by atoms with Crippen molar-refractivity contribution < 1.29 is 4.79 Å². The number of aromatic nitrogens is 2. The van der Waals surface area contributed by atoms with Crippen molar-refractivity contribution >= 4 is 28.8 Å². The maximum atomic E-state index is 11.9. The molecule has 0 radical (unpaired) electrons. The van der Waals surface area contributed by atoms with E-state index in [1.54, 1.807) is 17.5 Å². The van der Waals surface area contributed by atoms with Gasteiger partial charge in [-0.3, -0.25) is 9.78 Å². The van der Waals surface area contributed by atoms with Gasteiger partial charge in [0.05, 0.1) is 5.69 Å². The number of amides is 1. The number of thiazole rings is 1. The molecule has 0 aliphatic heterocycles. The molecule has 2 aromatic heterocycles. The predicted octanol–water partition coefficient (Wildman–Crippen LogP) is 4.54. The van der Waals surface area contributed by atoms with E-state index in [1.807, 2.05) is 48.0 Å². The van der Waals surface area contributed by atoms with Crippen LogP contribution in [0.5, 0.6) is 0 Å². The Morgan fingerprint density at radius 2 is 2.00 bits per heavy atom. The lowest BCUT2D eigenvalue weighted by molar-refractivity contribution is -0.121. The average Bonchev–Trinajstić information content (AvgIpc) is 3.12. The van der Waals surface area contributed by atoms with Gasteiger partial charge in [0, 0.05) is 47.7 Å². The van der Waals surface area contributed by atoms with E-state index in [2.05, 4.69) is 15.3 Å². The van der Waals surface area contributed by atoms with Gasteiger partial charge in [0.15, 0.2) is 0 Å². The zero-order valence-corrected chi connectivity index (χ0v) is 15.9. The Morgan fingerprint density at radius 1 is 1.15 bits per heavy atom. The van der Waals surface area contributed by atoms with Gasteiger partial charge in [0.1, 0.15) is 5.01 Å². The van der Waals surface area contributed by atoms with Crippen LogP contribution >= 0.6 is 22.9 Å². The van der Waals surface area contributed by atoms with Gasteiger partial charge in [0.25, 0.3) is 0 Å². The van der Waals surface area contributed by atoms with E-state index in [-0.39, 0.29) is 5.91 Å². The molecule has 0 bridgehead atoms. The highest BCUT2D eigenvalue weighted by Gasteiger charge is 2.06. The van der Waals surface area contributed by atoms with Crippen molar-refractivity contribution in [3.05, 3.63) is 70.5 Å². The Kier molecular flexibility index (Phi) is 6.75. The topological polar surface area (TPSA) is 54.9 Å². The van der Waals surface area contributed by atoms with Crippen LogP contribution < -0.4 is 5.32 Å². The highest BCUT2D eigenvalue weighted by atomic mass is 35.5. The minimum Gasteiger partial charge on any atom is -0.356 e. The average molecular weight is 386 g/mol. The monoisotopic (exact) mass is 385 g/mol. The summed E-state index contributed by atoms with van der Waals surface area (Å²) in [5, 5.41) is 6.70. The normalized spacial score (nSPS) is 10.7. The summed E-state index contributed by atoms with van der Waals surface area (Å²) < 4.78 is 0. The van der Waals surface area contributed by atoms with Crippen LogP contribution in [-0.2, 0) is 17.6 Å². The van der Waals surface area contributed by atoms with Gasteiger partial charge >= 0.3 is 0 Å². The van der Waals surface area contributed by atoms with E-state index in [0.29, 0.717) is 13.0 Å². The molecule has 0 aliphatic carbocycles. The van der Waals surface area contributed by atoms with Gasteiger partial charge < -0.3 is 5.32 Å². The molecular weight excluding hydrogens is 366 g/mol. The fourth-order valence-electron chi connectivity index (χ4n) is 2.56. The molecule has 0 saturated carbocycles. The standard InChI is InChI=1S/C20H20ClN3OS/c21-17-8-6-16(7-9-17)20-24-18(14-26-20)10-12-23-19(25)5-1-3-15-4-2-11-22-13-15/h2,4,6-9,11,13-14H,1,3,5,10,12H2,(H,23,25). The van der Waals surface area contributed by atoms with E-state index in [1.165, 1.54) is 0 Å². The van der Waals surface area contributed by atoms with Crippen molar-refractivity contribution in [3.8, 4) is 10.6 Å². The fourth-order valence-corrected chi connectivity index (χ4v) is 3.55. The van der Waals surface area contributed by atoms with Crippen molar-refractivity contribution in [1.82, 2.24) is 15.3 Å². The molecule has 1 aromatic carbocycles. The van der Waals surface area contributed by atoms with E-state index in [0.717, 1.165) is 46.1 Å². The molecule has 6 heteroatoms. The van der Waals surface area contributed by atoms with Gasteiger partial charge in [-0.2, -0.15) is 0 Å². The van der Waals surface area contributed by atoms with E-state index < -0.39 is 0 Å². The third-order valence-electron chi connectivity index (χ3n) is 3.94. The van der Waals surface area contributed by atoms with E-state index in [9.17, 15) is 4.79 Å². The molecule has 1 N–H and O–H groups in total. The summed E-state index contributed by atoms with van der Waals surface area (Å²) in [6, 6.07) is 11.6. The lowest BCUT2D eigenvalue weighted by Gasteiger charge is -2.04. The zero-order valence-electron chi connectivity index (χ0n) is 14.3. The lowest BCUT2D eigenvalue weighted by Crippen LogP contribution is -2.25. The Morgan fingerprint density at radius 3 is 2.77 bits per heavy atom. The molecular formula is C20H20ClN3OS. The molecule has 2 heterocycles. The number of hydrogen-bond donors (Lipinski definition) is 1. The van der Waals surface area contributed by atoms with Crippen LogP contribution in [0.3, 0.4) is 0 Å². The predicted molar refractivity (Wildman–Crippen MR) is 106 cm³/mol. The maximum Gasteiger partial charge on any atom is 0.220 e. The molecule has 1 amide bonds. The minimum atomic E-state index is 0.0852. The molecule has 0 saturated heterocycles. The summed E-state index contributed by atoms with van der Waals surface area (Å²) in [4.78, 5) is 20.6. The third kappa shape index (κ3) is 5.64. The summed E-state index contributed by atoms with van der Waals surface area (Å²) in [5.41, 5.74) is 3.22. The van der Waals surface area contributed by atoms with Crippen molar-refractivity contribution in [2.45, 2.75) is 25.7 Å². The van der Waals surface area contributed by atoms with Crippen molar-refractivity contribution in [2.24, 2.45) is 0 Å². The van der Waals surface area contributed by atoms with Crippen LogP contribution in [0.4, 0.5) is 0 Å². The van der Waals surface area contributed by atoms with Gasteiger partial charge in [-0.15, -0.1) is 11.3 Å². The smallest absolute Gasteiger partial charge is 0.220 e. The number of nitrogens with one attached hydrogen (secondary N) is 1. The number of halogens is 1. The first-order valence-corrected chi connectivity index (χ1v) is 9.82. The van der Waals surface area contributed by atoms with Gasteiger partial charge in [0.2, 0.25) is 5.91 Å². The molecule has 0 unspecified atom stereocenters. The molecule has 3 aromatic rings. The summed E-state index contributed by atoms with van der Waals surface area (Å²) >= 11 is 7.52. The first-order chi connectivity index (χ1) is 12.7. The number of nitrogens with zero attached hydrogens (tertiary/aromatic N) is 2. The number of pyridine rings is 1. The molecule has 0 aliphatic rings. The molecule has 0 atom stereocenters. The highest BCUT2D eigenvalue weighted by molar-refractivity contribution is 7.13. The first-order valence-electron chi connectivity index (χ1n) is 8.56. The van der Waals surface area contributed by atoms with Crippen LogP contribution in [0, 0.1) is 0 Å². The second-order valence-corrected chi connectivity index (χ2v) is 7.26. The molecule has 3 rings (SSSR count). The number of benzene rings is 1. The molecule has 4 nitrogen and oxygen atoms in total. The number of rotatable bonds is 8. The van der Waals surface area contributed by atoms with Crippen LogP contribution in [0.2, 0.25) is 5.02 Å². The second-order valence-electron chi connectivity index (χ2n) is 5.97. The lowest BCUT2D eigenvalue weighted by atomic mass is 10.1. The number of carbonyl (C=O) groups excluding carboxylic acids is 1. The fraction of sp³-hybridized carbons (Fsp3) is 0.250. The molecule has 134 valence electrons. The molecule has 0 fully saturated rings. The quantitative estimate of drug-likeness (QED) is 0.619. The van der Waals surface area contributed by atoms with Crippen molar-refractivity contribution in [2.75, 3.05) is 6.54 Å². The third-order valence-corrected chi connectivity index (χ3v) is 5.13. The van der Waals surface area contributed by atoms with Crippen LogP contribution in [-0.4, -0.2) is 22.4 Å². The SMILES string of the molecule is O=C(CCCc1cccnc1)NCCc1csc(-c2ccc(Cl)cc2)n1. The number of aryl methyl sites for hydroxylation is 1. The van der Waals surface area contributed by atoms with Crippen molar-refractivity contribution in [1.29, 1.82) is 0 Å². The van der Waals surface area contributed by atoms with Gasteiger partial charge in [-0.25, -0.2) is 4.98 Å². The van der Waals surface area contributed by atoms with E-state index in [4.69, 9.17) is 11.6 Å². The summed E-state index contributed by atoms with van der Waals surface area (Å²) in [6.07, 6.45) is 6.57. The van der Waals surface area contributed by atoms with Crippen molar-refractivity contribution in [3.63, 3.8) is 0 Å². The Bertz CT molecular complexity index is 834. The minimum absolute atomic E-state index is 0.0852. The molecule has 0 spiro atoms. The second kappa shape index (κ2) is 9.46. The van der Waals surface area contributed by atoms with Gasteiger partial charge in [-0.1, -0.05) is 29.8 Å².